The topological polar surface area (TPSA) is 66.9 Å². The number of nitriles is 1. The maximum absolute atomic E-state index is 9.55. The second kappa shape index (κ2) is 6.81. The zero-order valence-electron chi connectivity index (χ0n) is 15.8. The Morgan fingerprint density at radius 2 is 1.85 bits per heavy atom. The first-order valence-electron chi connectivity index (χ1n) is 9.25. The average molecular weight is 355 g/mol. The van der Waals surface area contributed by atoms with Crippen LogP contribution in [0.25, 0.3) is 27.7 Å². The second-order valence-electron chi connectivity index (χ2n) is 6.95. The number of imidazole rings is 1. The molecule has 0 spiro atoms. The van der Waals surface area contributed by atoms with Crippen LogP contribution in [0.1, 0.15) is 42.4 Å². The Balaban J connectivity index is 1.98. The van der Waals surface area contributed by atoms with Crippen molar-refractivity contribution in [3.63, 3.8) is 0 Å². The first-order chi connectivity index (χ1) is 13.1. The third kappa shape index (κ3) is 2.93. The molecule has 5 nitrogen and oxygen atoms in total. The summed E-state index contributed by atoms with van der Waals surface area (Å²) in [6.07, 6.45) is 8.72. The molecule has 27 heavy (non-hydrogen) atoms. The minimum Gasteiger partial charge on any atom is -0.283 e. The molecule has 0 aliphatic heterocycles. The summed E-state index contributed by atoms with van der Waals surface area (Å²) in [6, 6.07) is 8.50. The van der Waals surface area contributed by atoms with E-state index in [-0.39, 0.29) is 0 Å². The molecule has 0 fully saturated rings. The van der Waals surface area contributed by atoms with Gasteiger partial charge < -0.3 is 0 Å². The largest absolute Gasteiger partial charge is 0.283 e. The first kappa shape index (κ1) is 17.2. The van der Waals surface area contributed by atoms with E-state index in [4.69, 9.17) is 0 Å². The van der Waals surface area contributed by atoms with E-state index in [1.54, 1.807) is 6.20 Å². The average Bonchev–Trinajstić information content (AvgIpc) is 3.11. The van der Waals surface area contributed by atoms with Crippen LogP contribution in [0, 0.1) is 25.2 Å². The van der Waals surface area contributed by atoms with Crippen LogP contribution in [0.4, 0.5) is 0 Å². The van der Waals surface area contributed by atoms with Gasteiger partial charge in [-0.25, -0.2) is 4.98 Å². The summed E-state index contributed by atoms with van der Waals surface area (Å²) in [5.74, 6) is 0. The van der Waals surface area contributed by atoms with Gasteiger partial charge in [-0.3, -0.25) is 14.4 Å². The van der Waals surface area contributed by atoms with E-state index < -0.39 is 0 Å². The summed E-state index contributed by atoms with van der Waals surface area (Å²) in [5.41, 5.74) is 7.45. The monoisotopic (exact) mass is 355 g/mol. The maximum Gasteiger partial charge on any atom is 0.146 e. The maximum atomic E-state index is 9.55. The molecule has 4 aromatic rings. The van der Waals surface area contributed by atoms with Crippen LogP contribution in [0.3, 0.4) is 0 Å². The minimum atomic E-state index is 0.521. The Kier molecular flexibility index (Phi) is 4.33. The molecule has 0 amide bonds. The van der Waals surface area contributed by atoms with Crippen molar-refractivity contribution < 1.29 is 0 Å². The van der Waals surface area contributed by atoms with Crippen LogP contribution in [0.2, 0.25) is 0 Å². The number of hydrogen-bond acceptors (Lipinski definition) is 4. The van der Waals surface area contributed by atoms with Gasteiger partial charge in [-0.2, -0.15) is 5.26 Å². The number of aryl methyl sites for hydroxylation is 3. The summed E-state index contributed by atoms with van der Waals surface area (Å²) in [7, 11) is 0. The molecule has 0 N–H and O–H groups in total. The van der Waals surface area contributed by atoms with Gasteiger partial charge in [-0.15, -0.1) is 0 Å². The highest BCUT2D eigenvalue weighted by molar-refractivity contribution is 5.92. The van der Waals surface area contributed by atoms with Crippen molar-refractivity contribution in [3.8, 4) is 17.2 Å². The van der Waals surface area contributed by atoms with Crippen LogP contribution < -0.4 is 0 Å². The Bertz CT molecular complexity index is 1200. The van der Waals surface area contributed by atoms with Gasteiger partial charge in [-0.05, 0) is 50.5 Å². The standard InChI is InChI=1S/C22H21N5/c1-4-5-6-17-7-14(2)20(13-25-17)19-9-16-11-24-15(3)8-21(16)27-18(10-23)12-26-22(19)27/h7-9,11-13H,4-6H2,1-3H3. The number of unbranched alkanes of at least 4 members (excludes halogenated alkanes) is 1. The normalized spacial score (nSPS) is 11.2. The van der Waals surface area contributed by atoms with E-state index >= 15 is 0 Å². The van der Waals surface area contributed by atoms with E-state index in [9.17, 15) is 5.26 Å². The predicted octanol–water partition coefficient (Wildman–Crippen LogP) is 4.78. The van der Waals surface area contributed by atoms with E-state index in [0.29, 0.717) is 5.69 Å². The number of pyridine rings is 3. The molecule has 0 atom stereocenters. The number of rotatable bonds is 4. The molecular formula is C22H21N5. The van der Waals surface area contributed by atoms with E-state index in [1.165, 1.54) is 5.56 Å². The molecule has 4 aromatic heterocycles. The fourth-order valence-corrected chi connectivity index (χ4v) is 3.53. The van der Waals surface area contributed by atoms with Crippen molar-refractivity contribution in [2.24, 2.45) is 0 Å². The minimum absolute atomic E-state index is 0.521. The molecule has 4 rings (SSSR count). The molecule has 0 aromatic carbocycles. The molecule has 134 valence electrons. The van der Waals surface area contributed by atoms with Crippen molar-refractivity contribution >= 4 is 16.6 Å². The fraction of sp³-hybridized carbons (Fsp3) is 0.273. The van der Waals surface area contributed by atoms with Gasteiger partial charge >= 0.3 is 0 Å². The molecule has 0 bridgehead atoms. The molecule has 4 heterocycles. The highest BCUT2D eigenvalue weighted by atomic mass is 15.0. The zero-order valence-corrected chi connectivity index (χ0v) is 15.8. The highest BCUT2D eigenvalue weighted by Gasteiger charge is 2.15. The van der Waals surface area contributed by atoms with Crippen molar-refractivity contribution in [3.05, 3.63) is 59.4 Å². The first-order valence-corrected chi connectivity index (χ1v) is 9.25. The van der Waals surface area contributed by atoms with Crippen molar-refractivity contribution in [2.75, 3.05) is 0 Å². The lowest BCUT2D eigenvalue weighted by molar-refractivity contribution is 0.776. The molecule has 0 radical (unpaired) electrons. The predicted molar refractivity (Wildman–Crippen MR) is 107 cm³/mol. The van der Waals surface area contributed by atoms with Gasteiger partial charge in [0.2, 0.25) is 0 Å². The number of fused-ring (bicyclic) bond motifs is 3. The van der Waals surface area contributed by atoms with E-state index in [1.807, 2.05) is 29.8 Å². The quantitative estimate of drug-likeness (QED) is 0.528. The molecule has 0 aliphatic carbocycles. The summed E-state index contributed by atoms with van der Waals surface area (Å²) in [4.78, 5) is 13.6. The number of aromatic nitrogens is 4. The lowest BCUT2D eigenvalue weighted by Gasteiger charge is -2.12. The molecule has 0 unspecified atom stereocenters. The van der Waals surface area contributed by atoms with Crippen molar-refractivity contribution in [1.29, 1.82) is 5.26 Å². The Morgan fingerprint density at radius 3 is 2.59 bits per heavy atom. The van der Waals surface area contributed by atoms with Crippen LogP contribution in [-0.4, -0.2) is 19.4 Å². The Morgan fingerprint density at radius 1 is 1.00 bits per heavy atom. The lowest BCUT2D eigenvalue weighted by atomic mass is 10.0. The SMILES string of the molecule is CCCCc1cc(C)c(-c2cc3cnc(C)cc3n3c(C#N)cnc23)cn1. The van der Waals surface area contributed by atoms with Gasteiger partial charge in [0.1, 0.15) is 17.4 Å². The summed E-state index contributed by atoms with van der Waals surface area (Å²) in [5, 5.41) is 10.5. The molecular weight excluding hydrogens is 334 g/mol. The molecule has 0 saturated carbocycles. The van der Waals surface area contributed by atoms with Gasteiger partial charge in [0, 0.05) is 40.3 Å². The highest BCUT2D eigenvalue weighted by Crippen LogP contribution is 2.32. The summed E-state index contributed by atoms with van der Waals surface area (Å²) >= 11 is 0. The zero-order chi connectivity index (χ0) is 19.0. The van der Waals surface area contributed by atoms with Gasteiger partial charge in [0.05, 0.1) is 11.7 Å². The van der Waals surface area contributed by atoms with Gasteiger partial charge in [-0.1, -0.05) is 13.3 Å². The van der Waals surface area contributed by atoms with E-state index in [2.05, 4.69) is 47.0 Å². The Hall–Kier alpha value is -3.26. The van der Waals surface area contributed by atoms with Crippen molar-refractivity contribution in [2.45, 2.75) is 40.0 Å². The van der Waals surface area contributed by atoms with Crippen LogP contribution in [0.5, 0.6) is 0 Å². The molecule has 5 heteroatoms. The summed E-state index contributed by atoms with van der Waals surface area (Å²) in [6.45, 7) is 6.24. The van der Waals surface area contributed by atoms with Crippen LogP contribution >= 0.6 is 0 Å². The second-order valence-corrected chi connectivity index (χ2v) is 6.95. The van der Waals surface area contributed by atoms with E-state index in [0.717, 1.165) is 58.3 Å². The smallest absolute Gasteiger partial charge is 0.146 e. The van der Waals surface area contributed by atoms with Crippen LogP contribution in [0.15, 0.2) is 36.8 Å². The fourth-order valence-electron chi connectivity index (χ4n) is 3.53. The lowest BCUT2D eigenvalue weighted by Crippen LogP contribution is -1.98. The third-order valence-corrected chi connectivity index (χ3v) is 4.95. The third-order valence-electron chi connectivity index (χ3n) is 4.95. The Labute approximate surface area is 158 Å². The molecule has 0 saturated heterocycles. The molecule has 0 aliphatic rings. The van der Waals surface area contributed by atoms with Gasteiger partial charge in [0.25, 0.3) is 0 Å². The van der Waals surface area contributed by atoms with Crippen molar-refractivity contribution in [1.82, 2.24) is 19.4 Å². The number of nitrogens with zero attached hydrogens (tertiary/aromatic N) is 5. The number of hydrogen-bond donors (Lipinski definition) is 0. The van der Waals surface area contributed by atoms with Gasteiger partial charge in [0.15, 0.2) is 0 Å². The summed E-state index contributed by atoms with van der Waals surface area (Å²) < 4.78 is 1.92. The van der Waals surface area contributed by atoms with Crippen LogP contribution in [-0.2, 0) is 6.42 Å².